The molecule has 0 spiro atoms. The van der Waals surface area contributed by atoms with Crippen molar-refractivity contribution in [1.82, 2.24) is 0 Å². The standard InChI is InChI=1S/C5H10O3.C4H8O3/c1-2-3-4-5(6)8-7;1-2-3-4(5)7-6/h7H,2-4H2,1H3;6H,2-3H2,1H3. The van der Waals surface area contributed by atoms with Crippen molar-refractivity contribution in [3.8, 4) is 0 Å². The van der Waals surface area contributed by atoms with Gasteiger partial charge in [0.25, 0.3) is 0 Å². The molecule has 0 aliphatic heterocycles. The van der Waals surface area contributed by atoms with E-state index in [9.17, 15) is 9.59 Å². The average Bonchev–Trinajstić information content (AvgIpc) is 2.26. The highest BCUT2D eigenvalue weighted by atomic mass is 17.1. The fourth-order valence-corrected chi connectivity index (χ4v) is 0.617. The molecule has 0 rings (SSSR count). The smallest absolute Gasteiger partial charge is 0.301 e. The largest absolute Gasteiger partial charge is 0.342 e. The first-order valence-electron chi connectivity index (χ1n) is 4.80. The fourth-order valence-electron chi connectivity index (χ4n) is 0.617. The van der Waals surface area contributed by atoms with Gasteiger partial charge in [-0.3, -0.25) is 0 Å². The van der Waals surface area contributed by atoms with Gasteiger partial charge >= 0.3 is 11.9 Å². The molecule has 0 aliphatic rings. The van der Waals surface area contributed by atoms with Crippen LogP contribution in [0.5, 0.6) is 0 Å². The Bertz CT molecular complexity index is 168. The molecule has 0 fully saturated rings. The van der Waals surface area contributed by atoms with Crippen LogP contribution in [0.3, 0.4) is 0 Å². The first-order chi connectivity index (χ1) is 7.12. The van der Waals surface area contributed by atoms with Crippen LogP contribution in [0.15, 0.2) is 0 Å². The Balaban J connectivity index is 0. The van der Waals surface area contributed by atoms with Crippen molar-refractivity contribution < 1.29 is 29.9 Å². The van der Waals surface area contributed by atoms with Crippen molar-refractivity contribution in [3.05, 3.63) is 0 Å². The van der Waals surface area contributed by atoms with Crippen LogP contribution in [0.1, 0.15) is 46.0 Å². The Labute approximate surface area is 88.7 Å². The number of rotatable bonds is 5. The molecule has 0 atom stereocenters. The highest BCUT2D eigenvalue weighted by Crippen LogP contribution is 1.93. The van der Waals surface area contributed by atoms with Crippen LogP contribution in [-0.4, -0.2) is 22.5 Å². The maximum atomic E-state index is 10.1. The lowest BCUT2D eigenvalue weighted by Crippen LogP contribution is -1.98. The van der Waals surface area contributed by atoms with Gasteiger partial charge in [-0.05, 0) is 12.8 Å². The van der Waals surface area contributed by atoms with E-state index in [1.165, 1.54) is 0 Å². The van der Waals surface area contributed by atoms with E-state index in [0.29, 0.717) is 12.8 Å². The lowest BCUT2D eigenvalue weighted by molar-refractivity contribution is -0.234. The van der Waals surface area contributed by atoms with Crippen LogP contribution in [0.25, 0.3) is 0 Å². The van der Waals surface area contributed by atoms with Gasteiger partial charge in [0, 0.05) is 12.8 Å². The van der Waals surface area contributed by atoms with Crippen LogP contribution in [0.2, 0.25) is 0 Å². The summed E-state index contributed by atoms with van der Waals surface area (Å²) in [7, 11) is 0. The Morgan fingerprint density at radius 3 is 1.67 bits per heavy atom. The molecule has 15 heavy (non-hydrogen) atoms. The van der Waals surface area contributed by atoms with Crippen molar-refractivity contribution >= 4 is 11.9 Å². The second kappa shape index (κ2) is 12.9. The van der Waals surface area contributed by atoms with Gasteiger partial charge in [-0.1, -0.05) is 20.3 Å². The van der Waals surface area contributed by atoms with Crippen molar-refractivity contribution in [2.24, 2.45) is 0 Å². The third-order valence-corrected chi connectivity index (χ3v) is 1.39. The summed E-state index contributed by atoms with van der Waals surface area (Å²) in [5.74, 6) is -1.12. The molecule has 0 aromatic rings. The summed E-state index contributed by atoms with van der Waals surface area (Å²) < 4.78 is 0. The highest BCUT2D eigenvalue weighted by molar-refractivity contribution is 5.68. The minimum Gasteiger partial charge on any atom is -0.301 e. The van der Waals surface area contributed by atoms with Crippen molar-refractivity contribution in [1.29, 1.82) is 0 Å². The fraction of sp³-hybridized carbons (Fsp3) is 0.778. The third-order valence-electron chi connectivity index (χ3n) is 1.39. The lowest BCUT2D eigenvalue weighted by atomic mass is 10.3. The predicted octanol–water partition coefficient (Wildman–Crippen LogP) is 2.00. The van der Waals surface area contributed by atoms with E-state index < -0.39 is 11.9 Å². The molecule has 0 aliphatic carbocycles. The van der Waals surface area contributed by atoms with Gasteiger partial charge in [0.05, 0.1) is 0 Å². The first-order valence-corrected chi connectivity index (χ1v) is 4.80. The SMILES string of the molecule is CCCC(=O)OO.CCCCC(=O)OO. The molecule has 0 aromatic carbocycles. The van der Waals surface area contributed by atoms with Crippen LogP contribution in [0.4, 0.5) is 0 Å². The number of carbonyl (C=O) groups excluding carboxylic acids is 2. The molecule has 2 N–H and O–H groups in total. The minimum atomic E-state index is -0.567. The molecule has 0 saturated heterocycles. The zero-order valence-corrected chi connectivity index (χ0v) is 9.06. The Morgan fingerprint density at radius 2 is 1.40 bits per heavy atom. The van der Waals surface area contributed by atoms with E-state index in [0.717, 1.165) is 12.8 Å². The van der Waals surface area contributed by atoms with E-state index in [2.05, 4.69) is 9.78 Å². The highest BCUT2D eigenvalue weighted by Gasteiger charge is 1.97. The molecule has 6 nitrogen and oxygen atoms in total. The van der Waals surface area contributed by atoms with Crippen molar-refractivity contribution in [2.75, 3.05) is 0 Å². The van der Waals surface area contributed by atoms with Gasteiger partial charge < -0.3 is 9.78 Å². The molecule has 0 aromatic heterocycles. The van der Waals surface area contributed by atoms with Crippen molar-refractivity contribution in [2.45, 2.75) is 46.0 Å². The second-order valence-electron chi connectivity index (χ2n) is 2.78. The monoisotopic (exact) mass is 222 g/mol. The number of hydrogen-bond acceptors (Lipinski definition) is 6. The maximum Gasteiger partial charge on any atom is 0.342 e. The molecule has 90 valence electrons. The summed E-state index contributed by atoms with van der Waals surface area (Å²) >= 11 is 0. The zero-order valence-electron chi connectivity index (χ0n) is 9.06. The summed E-state index contributed by atoms with van der Waals surface area (Å²) in [5.41, 5.74) is 0. The van der Waals surface area contributed by atoms with Crippen LogP contribution in [-0.2, 0) is 19.4 Å². The van der Waals surface area contributed by atoms with Gasteiger partial charge in [-0.25, -0.2) is 9.59 Å². The third kappa shape index (κ3) is 15.6. The molecule has 0 unspecified atom stereocenters. The Kier molecular flexibility index (Phi) is 14.0. The predicted molar refractivity (Wildman–Crippen MR) is 51.9 cm³/mol. The molecular formula is C9H18O6. The summed E-state index contributed by atoms with van der Waals surface area (Å²) in [6, 6.07) is 0. The summed E-state index contributed by atoms with van der Waals surface area (Å²) in [6.07, 6.45) is 3.03. The summed E-state index contributed by atoms with van der Waals surface area (Å²) in [4.78, 5) is 26.8. The van der Waals surface area contributed by atoms with Crippen LogP contribution >= 0.6 is 0 Å². The molecule has 6 heteroatoms. The van der Waals surface area contributed by atoms with E-state index >= 15 is 0 Å². The van der Waals surface area contributed by atoms with E-state index in [1.807, 2.05) is 13.8 Å². The van der Waals surface area contributed by atoms with Gasteiger partial charge in [0.15, 0.2) is 0 Å². The number of unbranched alkanes of at least 4 members (excludes halogenated alkanes) is 1. The lowest BCUT2D eigenvalue weighted by Gasteiger charge is -1.90. The van der Waals surface area contributed by atoms with E-state index in [4.69, 9.17) is 10.5 Å². The molecule has 0 amide bonds. The molecule has 0 saturated carbocycles. The van der Waals surface area contributed by atoms with Gasteiger partial charge in [-0.2, -0.15) is 10.5 Å². The van der Waals surface area contributed by atoms with Crippen molar-refractivity contribution in [3.63, 3.8) is 0 Å². The first kappa shape index (κ1) is 16.3. The Hall–Kier alpha value is -1.14. The molecule has 0 radical (unpaired) electrons. The number of hydrogen-bond donors (Lipinski definition) is 2. The Morgan fingerprint density at radius 1 is 0.933 bits per heavy atom. The van der Waals surface area contributed by atoms with Crippen LogP contribution in [0, 0.1) is 0 Å². The van der Waals surface area contributed by atoms with E-state index in [1.54, 1.807) is 0 Å². The van der Waals surface area contributed by atoms with Gasteiger partial charge in [0.2, 0.25) is 0 Å². The van der Waals surface area contributed by atoms with Crippen LogP contribution < -0.4 is 0 Å². The van der Waals surface area contributed by atoms with E-state index in [-0.39, 0.29) is 6.42 Å². The maximum absolute atomic E-state index is 10.1. The number of carbonyl (C=O) groups is 2. The topological polar surface area (TPSA) is 93.1 Å². The minimum absolute atomic E-state index is 0.288. The van der Waals surface area contributed by atoms with Gasteiger partial charge in [-0.15, -0.1) is 0 Å². The average molecular weight is 222 g/mol. The summed E-state index contributed by atoms with van der Waals surface area (Å²) in [6.45, 7) is 3.79. The molecule has 0 bridgehead atoms. The molecule has 0 heterocycles. The molecular weight excluding hydrogens is 204 g/mol. The normalized spacial score (nSPS) is 8.53. The van der Waals surface area contributed by atoms with Gasteiger partial charge in [0.1, 0.15) is 0 Å². The zero-order chi connectivity index (χ0) is 12.1. The second-order valence-corrected chi connectivity index (χ2v) is 2.78. The quantitative estimate of drug-likeness (QED) is 0.545. The summed E-state index contributed by atoms with van der Waals surface area (Å²) in [5, 5.41) is 15.3.